The first-order valence-electron chi connectivity index (χ1n) is 10.3. The lowest BCUT2D eigenvalue weighted by molar-refractivity contribution is -0.134. The van der Waals surface area contributed by atoms with E-state index < -0.39 is 0 Å². The number of pyridine rings is 1. The monoisotopic (exact) mass is 377 g/mol. The molecule has 1 saturated carbocycles. The molecular weight excluding hydrogens is 350 g/mol. The minimum absolute atomic E-state index is 0.192. The van der Waals surface area contributed by atoms with Gasteiger partial charge in [-0.1, -0.05) is 32.3 Å². The number of nitrogens with one attached hydrogen (secondary N) is 1. The van der Waals surface area contributed by atoms with Crippen LogP contribution in [0, 0.1) is 0 Å². The molecule has 0 aliphatic heterocycles. The smallest absolute Gasteiger partial charge is 0.311 e. The Kier molecular flexibility index (Phi) is 5.60. The molecule has 0 spiro atoms. The first-order chi connectivity index (χ1) is 13.7. The number of esters is 1. The third-order valence-electron chi connectivity index (χ3n) is 5.29. The zero-order valence-electron chi connectivity index (χ0n) is 16.4. The fourth-order valence-corrected chi connectivity index (χ4v) is 3.84. The van der Waals surface area contributed by atoms with Crippen molar-refractivity contribution in [2.75, 3.05) is 5.32 Å². The maximum atomic E-state index is 11.7. The van der Waals surface area contributed by atoms with Crippen LogP contribution in [0.5, 0.6) is 5.75 Å². The second kappa shape index (κ2) is 8.46. The van der Waals surface area contributed by atoms with Gasteiger partial charge in [-0.2, -0.15) is 0 Å². The number of fused-ring (bicyclic) bond motifs is 1. The summed E-state index contributed by atoms with van der Waals surface area (Å²) in [4.78, 5) is 16.6. The van der Waals surface area contributed by atoms with Crippen LogP contribution in [0.1, 0.15) is 51.9 Å². The lowest BCUT2D eigenvalue weighted by Gasteiger charge is -2.24. The average molecular weight is 377 g/mol. The van der Waals surface area contributed by atoms with E-state index in [0.717, 1.165) is 29.1 Å². The van der Waals surface area contributed by atoms with Crippen LogP contribution in [-0.2, 0) is 4.79 Å². The number of hydrogen-bond acceptors (Lipinski definition) is 4. The molecule has 0 unspecified atom stereocenters. The summed E-state index contributed by atoms with van der Waals surface area (Å²) in [6, 6.07) is 14.2. The van der Waals surface area contributed by atoms with Gasteiger partial charge in [-0.25, -0.2) is 4.98 Å². The van der Waals surface area contributed by atoms with E-state index in [-0.39, 0.29) is 5.97 Å². The van der Waals surface area contributed by atoms with Gasteiger partial charge in [0.1, 0.15) is 22.9 Å². The molecule has 0 radical (unpaired) electrons. The van der Waals surface area contributed by atoms with Crippen molar-refractivity contribution < 1.29 is 9.53 Å². The molecular formula is C23H27N3O2. The maximum Gasteiger partial charge on any atom is 0.311 e. The number of anilines is 1. The van der Waals surface area contributed by atoms with Gasteiger partial charge in [0.15, 0.2) is 0 Å². The zero-order valence-corrected chi connectivity index (χ0v) is 16.4. The van der Waals surface area contributed by atoms with Gasteiger partial charge in [-0.05, 0) is 55.7 Å². The molecule has 28 heavy (non-hydrogen) atoms. The van der Waals surface area contributed by atoms with Crippen molar-refractivity contribution in [1.82, 2.24) is 9.38 Å². The lowest BCUT2D eigenvalue weighted by Crippen LogP contribution is -2.23. The van der Waals surface area contributed by atoms with Gasteiger partial charge in [0.05, 0.1) is 0 Å². The summed E-state index contributed by atoms with van der Waals surface area (Å²) in [7, 11) is 0. The molecule has 0 saturated heterocycles. The van der Waals surface area contributed by atoms with Crippen LogP contribution in [0.3, 0.4) is 0 Å². The summed E-state index contributed by atoms with van der Waals surface area (Å²) in [5.74, 6) is 1.42. The first-order valence-corrected chi connectivity index (χ1v) is 10.3. The Morgan fingerprint density at radius 3 is 2.68 bits per heavy atom. The second-order valence-corrected chi connectivity index (χ2v) is 7.47. The highest BCUT2D eigenvalue weighted by molar-refractivity contribution is 5.77. The molecule has 1 N–H and O–H groups in total. The van der Waals surface area contributed by atoms with Crippen molar-refractivity contribution in [2.24, 2.45) is 0 Å². The van der Waals surface area contributed by atoms with E-state index >= 15 is 0 Å². The van der Waals surface area contributed by atoms with E-state index in [4.69, 9.17) is 9.72 Å². The Labute approximate surface area is 165 Å². The number of aromatic nitrogens is 2. The summed E-state index contributed by atoms with van der Waals surface area (Å²) in [5, 5.41) is 3.75. The van der Waals surface area contributed by atoms with E-state index in [1.807, 2.05) is 49.4 Å². The normalized spacial score (nSPS) is 14.9. The van der Waals surface area contributed by atoms with E-state index in [2.05, 4.69) is 15.9 Å². The van der Waals surface area contributed by atoms with Gasteiger partial charge in [0, 0.05) is 24.2 Å². The van der Waals surface area contributed by atoms with Gasteiger partial charge >= 0.3 is 5.97 Å². The molecule has 5 heteroatoms. The third-order valence-corrected chi connectivity index (χ3v) is 5.29. The molecule has 0 atom stereocenters. The van der Waals surface area contributed by atoms with Gasteiger partial charge in [0.2, 0.25) is 0 Å². The van der Waals surface area contributed by atoms with Crippen molar-refractivity contribution >= 4 is 17.4 Å². The largest absolute Gasteiger partial charge is 0.427 e. The number of benzene rings is 1. The number of ether oxygens (including phenoxy) is 1. The number of nitrogens with zero attached hydrogens (tertiary/aromatic N) is 2. The van der Waals surface area contributed by atoms with Crippen molar-refractivity contribution in [2.45, 2.75) is 57.9 Å². The molecule has 0 bridgehead atoms. The van der Waals surface area contributed by atoms with Crippen molar-refractivity contribution in [3.05, 3.63) is 48.7 Å². The van der Waals surface area contributed by atoms with Crippen LogP contribution in [0.25, 0.3) is 16.9 Å². The van der Waals surface area contributed by atoms with Crippen molar-refractivity contribution in [3.63, 3.8) is 0 Å². The van der Waals surface area contributed by atoms with Crippen LogP contribution < -0.4 is 10.1 Å². The average Bonchev–Trinajstić information content (AvgIpc) is 3.08. The fraction of sp³-hybridized carbons (Fsp3) is 0.391. The predicted molar refractivity (Wildman–Crippen MR) is 112 cm³/mol. The summed E-state index contributed by atoms with van der Waals surface area (Å²) in [6.07, 6.45) is 9.56. The standard InChI is InChI=1S/C23H27N3O2/c1-2-8-21(27)28-19-14-12-17(13-15-19)22-23(24-18-9-4-3-5-10-18)26-16-7-6-11-20(26)25-22/h6-7,11-16,18,24H,2-5,8-10H2,1H3. The molecule has 146 valence electrons. The molecule has 1 aliphatic rings. The van der Waals surface area contributed by atoms with Crippen LogP contribution in [0.4, 0.5) is 5.82 Å². The van der Waals surface area contributed by atoms with E-state index in [1.54, 1.807) is 0 Å². The van der Waals surface area contributed by atoms with Crippen molar-refractivity contribution in [1.29, 1.82) is 0 Å². The number of rotatable bonds is 6. The third kappa shape index (κ3) is 4.03. The molecule has 1 aliphatic carbocycles. The number of imidazole rings is 1. The molecule has 1 fully saturated rings. The Bertz CT molecular complexity index is 940. The Morgan fingerprint density at radius 1 is 1.14 bits per heavy atom. The van der Waals surface area contributed by atoms with E-state index in [0.29, 0.717) is 18.2 Å². The molecule has 5 nitrogen and oxygen atoms in total. The Balaban J connectivity index is 1.63. The molecule has 4 rings (SSSR count). The van der Waals surface area contributed by atoms with Gasteiger partial charge in [-0.3, -0.25) is 9.20 Å². The fourth-order valence-electron chi connectivity index (χ4n) is 3.84. The van der Waals surface area contributed by atoms with Crippen LogP contribution in [0.15, 0.2) is 48.7 Å². The second-order valence-electron chi connectivity index (χ2n) is 7.47. The van der Waals surface area contributed by atoms with Gasteiger partial charge in [-0.15, -0.1) is 0 Å². The van der Waals surface area contributed by atoms with E-state index in [9.17, 15) is 4.79 Å². The summed E-state index contributed by atoms with van der Waals surface area (Å²) in [6.45, 7) is 1.97. The number of carbonyl (C=O) groups excluding carboxylic acids is 1. The lowest BCUT2D eigenvalue weighted by atomic mass is 9.95. The quantitative estimate of drug-likeness (QED) is 0.458. The van der Waals surface area contributed by atoms with Crippen molar-refractivity contribution in [3.8, 4) is 17.0 Å². The summed E-state index contributed by atoms with van der Waals surface area (Å²) in [5.41, 5.74) is 2.87. The minimum Gasteiger partial charge on any atom is -0.427 e. The van der Waals surface area contributed by atoms with Crippen LogP contribution in [-0.4, -0.2) is 21.4 Å². The zero-order chi connectivity index (χ0) is 19.3. The minimum atomic E-state index is -0.192. The molecule has 1 aromatic carbocycles. The van der Waals surface area contributed by atoms with Crippen LogP contribution >= 0.6 is 0 Å². The highest BCUT2D eigenvalue weighted by atomic mass is 16.5. The Morgan fingerprint density at radius 2 is 1.93 bits per heavy atom. The van der Waals surface area contributed by atoms with Gasteiger partial charge in [0.25, 0.3) is 0 Å². The molecule has 3 aromatic rings. The Hall–Kier alpha value is -2.82. The summed E-state index contributed by atoms with van der Waals surface area (Å²) < 4.78 is 7.50. The van der Waals surface area contributed by atoms with Crippen LogP contribution in [0.2, 0.25) is 0 Å². The highest BCUT2D eigenvalue weighted by Crippen LogP contribution is 2.32. The SMILES string of the molecule is CCCC(=O)Oc1ccc(-c2nc3ccccn3c2NC2CCCCC2)cc1. The van der Waals surface area contributed by atoms with Gasteiger partial charge < -0.3 is 10.1 Å². The number of carbonyl (C=O) groups is 1. The maximum absolute atomic E-state index is 11.7. The topological polar surface area (TPSA) is 55.6 Å². The highest BCUT2D eigenvalue weighted by Gasteiger charge is 2.19. The predicted octanol–water partition coefficient (Wildman–Crippen LogP) is 5.45. The van der Waals surface area contributed by atoms with E-state index in [1.165, 1.54) is 32.1 Å². The number of hydrogen-bond donors (Lipinski definition) is 1. The first kappa shape index (κ1) is 18.5. The molecule has 2 aromatic heterocycles. The molecule has 2 heterocycles. The summed E-state index contributed by atoms with van der Waals surface area (Å²) >= 11 is 0. The molecule has 0 amide bonds.